The molecule has 0 radical (unpaired) electrons. The fourth-order valence-corrected chi connectivity index (χ4v) is 1.98. The Bertz CT molecular complexity index is 738. The molecule has 0 heterocycles. The molecule has 0 aromatic heterocycles. The smallest absolute Gasteiger partial charge is 0.343 e. The van der Waals surface area contributed by atoms with Gasteiger partial charge in [-0.3, -0.25) is 0 Å². The predicted octanol–water partition coefficient (Wildman–Crippen LogP) is 3.97. The third-order valence-electron chi connectivity index (χ3n) is 2.71. The molecule has 0 saturated heterocycles. The molecule has 2 rings (SSSR count). The van der Waals surface area contributed by atoms with Gasteiger partial charge in [0.2, 0.25) is 0 Å². The molecule has 0 atom stereocenters. The van der Waals surface area contributed by atoms with E-state index in [1.165, 1.54) is 24.3 Å². The maximum absolute atomic E-state index is 12.9. The van der Waals surface area contributed by atoms with E-state index < -0.39 is 11.8 Å². The van der Waals surface area contributed by atoms with E-state index in [2.05, 4.69) is 0 Å². The monoisotopic (exact) mass is 319 g/mol. The highest BCUT2D eigenvalue weighted by Gasteiger charge is 2.17. The minimum absolute atomic E-state index is 0.0249. The minimum Gasteiger partial charge on any atom is -0.490 e. The molecule has 6 heteroatoms. The van der Waals surface area contributed by atoms with Crippen LogP contribution in [0.1, 0.15) is 22.8 Å². The zero-order valence-electron chi connectivity index (χ0n) is 11.6. The number of nitrogens with zero attached hydrogens (tertiary/aromatic N) is 1. The van der Waals surface area contributed by atoms with Crippen molar-refractivity contribution in [1.29, 1.82) is 5.26 Å². The summed E-state index contributed by atoms with van der Waals surface area (Å²) in [7, 11) is 0. The van der Waals surface area contributed by atoms with Crippen LogP contribution in [-0.4, -0.2) is 12.6 Å². The van der Waals surface area contributed by atoms with Gasteiger partial charge in [-0.15, -0.1) is 0 Å². The zero-order chi connectivity index (χ0) is 16.1. The van der Waals surface area contributed by atoms with Crippen molar-refractivity contribution in [2.75, 3.05) is 6.61 Å². The third kappa shape index (κ3) is 3.54. The summed E-state index contributed by atoms with van der Waals surface area (Å²) in [6.07, 6.45) is 0. The van der Waals surface area contributed by atoms with E-state index >= 15 is 0 Å². The van der Waals surface area contributed by atoms with Crippen molar-refractivity contribution in [1.82, 2.24) is 0 Å². The van der Waals surface area contributed by atoms with Gasteiger partial charge in [-0.25, -0.2) is 9.18 Å². The van der Waals surface area contributed by atoms with Crippen molar-refractivity contribution in [2.45, 2.75) is 6.92 Å². The number of benzene rings is 2. The van der Waals surface area contributed by atoms with E-state index in [0.29, 0.717) is 6.61 Å². The molecule has 22 heavy (non-hydrogen) atoms. The first-order valence-corrected chi connectivity index (χ1v) is 6.77. The van der Waals surface area contributed by atoms with Gasteiger partial charge in [-0.05, 0) is 37.3 Å². The van der Waals surface area contributed by atoms with Crippen LogP contribution < -0.4 is 9.47 Å². The van der Waals surface area contributed by atoms with E-state index in [1.54, 1.807) is 6.92 Å². The molecule has 0 N–H and O–H groups in total. The molecule has 0 saturated carbocycles. The van der Waals surface area contributed by atoms with E-state index in [0.717, 1.165) is 12.1 Å². The van der Waals surface area contributed by atoms with Crippen LogP contribution in [0.4, 0.5) is 4.39 Å². The van der Waals surface area contributed by atoms with Crippen molar-refractivity contribution >= 4 is 17.6 Å². The molecular weight excluding hydrogens is 309 g/mol. The highest BCUT2D eigenvalue weighted by molar-refractivity contribution is 6.32. The summed E-state index contributed by atoms with van der Waals surface area (Å²) < 4.78 is 23.4. The fraction of sp³-hybridized carbons (Fsp3) is 0.125. The Hall–Kier alpha value is -2.58. The number of nitriles is 1. The Morgan fingerprint density at radius 3 is 2.59 bits per heavy atom. The van der Waals surface area contributed by atoms with Crippen LogP contribution in [0.25, 0.3) is 0 Å². The van der Waals surface area contributed by atoms with Gasteiger partial charge in [0.15, 0.2) is 11.5 Å². The average molecular weight is 320 g/mol. The van der Waals surface area contributed by atoms with Gasteiger partial charge in [0.05, 0.1) is 28.8 Å². The van der Waals surface area contributed by atoms with Gasteiger partial charge < -0.3 is 9.47 Å². The van der Waals surface area contributed by atoms with Crippen molar-refractivity contribution in [3.8, 4) is 17.6 Å². The largest absolute Gasteiger partial charge is 0.490 e. The Morgan fingerprint density at radius 1 is 1.32 bits per heavy atom. The first-order chi connectivity index (χ1) is 10.5. The number of hydrogen-bond acceptors (Lipinski definition) is 4. The van der Waals surface area contributed by atoms with Gasteiger partial charge in [0, 0.05) is 6.07 Å². The van der Waals surface area contributed by atoms with E-state index in [4.69, 9.17) is 26.3 Å². The van der Waals surface area contributed by atoms with Crippen LogP contribution in [0.5, 0.6) is 11.5 Å². The molecule has 0 fully saturated rings. The van der Waals surface area contributed by atoms with Crippen molar-refractivity contribution in [2.24, 2.45) is 0 Å². The van der Waals surface area contributed by atoms with E-state index in [9.17, 15) is 9.18 Å². The highest BCUT2D eigenvalue weighted by Crippen LogP contribution is 2.37. The molecule has 2 aromatic carbocycles. The fourth-order valence-electron chi connectivity index (χ4n) is 1.73. The predicted molar refractivity (Wildman–Crippen MR) is 78.7 cm³/mol. The van der Waals surface area contributed by atoms with Crippen molar-refractivity contribution in [3.05, 3.63) is 58.4 Å². The summed E-state index contributed by atoms with van der Waals surface area (Å²) in [5, 5.41) is 9.01. The second-order valence-electron chi connectivity index (χ2n) is 4.23. The highest BCUT2D eigenvalue weighted by atomic mass is 35.5. The lowest BCUT2D eigenvalue weighted by Gasteiger charge is -2.12. The molecule has 2 aromatic rings. The summed E-state index contributed by atoms with van der Waals surface area (Å²) in [6, 6.07) is 9.65. The van der Waals surface area contributed by atoms with Gasteiger partial charge in [0.1, 0.15) is 5.82 Å². The van der Waals surface area contributed by atoms with Gasteiger partial charge in [0.25, 0.3) is 0 Å². The zero-order valence-corrected chi connectivity index (χ0v) is 12.4. The standard InChI is InChI=1S/C16H11ClFNO3/c1-2-21-14-8-10(9-19)7-13(17)15(14)22-16(20)11-3-5-12(18)6-4-11/h3-8H,2H2,1H3. The molecule has 0 amide bonds. The van der Waals surface area contributed by atoms with Crippen LogP contribution in [0.2, 0.25) is 5.02 Å². The maximum atomic E-state index is 12.9. The first kappa shape index (κ1) is 15.8. The molecule has 0 aliphatic rings. The van der Waals surface area contributed by atoms with Crippen LogP contribution in [-0.2, 0) is 0 Å². The number of carbonyl (C=O) groups excluding carboxylic acids is 1. The summed E-state index contributed by atoms with van der Waals surface area (Å²) >= 11 is 6.04. The summed E-state index contributed by atoms with van der Waals surface area (Å²) in [5.74, 6) is -0.936. The second-order valence-corrected chi connectivity index (χ2v) is 4.63. The molecule has 112 valence electrons. The number of esters is 1. The lowest BCUT2D eigenvalue weighted by molar-refractivity contribution is 0.0728. The topological polar surface area (TPSA) is 59.3 Å². The minimum atomic E-state index is -0.701. The number of hydrogen-bond donors (Lipinski definition) is 0. The van der Waals surface area contributed by atoms with Crippen molar-refractivity contribution in [3.63, 3.8) is 0 Å². The molecule has 4 nitrogen and oxygen atoms in total. The summed E-state index contributed by atoms with van der Waals surface area (Å²) in [5.41, 5.74) is 0.458. The lowest BCUT2D eigenvalue weighted by Crippen LogP contribution is -2.10. The SMILES string of the molecule is CCOc1cc(C#N)cc(Cl)c1OC(=O)c1ccc(F)cc1. The number of carbonyl (C=O) groups is 1. The first-order valence-electron chi connectivity index (χ1n) is 6.39. The Kier molecular flexibility index (Phi) is 4.97. The molecule has 0 aliphatic heterocycles. The number of ether oxygens (including phenoxy) is 2. The van der Waals surface area contributed by atoms with Gasteiger partial charge in [-0.1, -0.05) is 11.6 Å². The van der Waals surface area contributed by atoms with Gasteiger partial charge >= 0.3 is 5.97 Å². The second kappa shape index (κ2) is 6.92. The quantitative estimate of drug-likeness (QED) is 0.632. The van der Waals surface area contributed by atoms with Gasteiger partial charge in [-0.2, -0.15) is 5.26 Å². The van der Waals surface area contributed by atoms with Crippen LogP contribution in [0.15, 0.2) is 36.4 Å². The third-order valence-corrected chi connectivity index (χ3v) is 2.99. The molecule has 0 aliphatic carbocycles. The molecule has 0 bridgehead atoms. The van der Waals surface area contributed by atoms with Crippen LogP contribution in [0, 0.1) is 17.1 Å². The maximum Gasteiger partial charge on any atom is 0.343 e. The van der Waals surface area contributed by atoms with E-state index in [-0.39, 0.29) is 27.6 Å². The average Bonchev–Trinajstić information content (AvgIpc) is 2.51. The number of halogens is 2. The van der Waals surface area contributed by atoms with Crippen LogP contribution >= 0.6 is 11.6 Å². The Labute approximate surface area is 131 Å². The molecule has 0 spiro atoms. The van der Waals surface area contributed by atoms with E-state index in [1.807, 2.05) is 6.07 Å². The normalized spacial score (nSPS) is 9.91. The summed E-state index contributed by atoms with van der Waals surface area (Å²) in [4.78, 5) is 12.1. The molecular formula is C16H11ClFNO3. The Morgan fingerprint density at radius 2 is 2.00 bits per heavy atom. The molecule has 0 unspecified atom stereocenters. The van der Waals surface area contributed by atoms with Crippen LogP contribution in [0.3, 0.4) is 0 Å². The number of rotatable bonds is 4. The lowest BCUT2D eigenvalue weighted by atomic mass is 10.2. The summed E-state index contributed by atoms with van der Waals surface area (Å²) in [6.45, 7) is 2.06. The van der Waals surface area contributed by atoms with Crippen molar-refractivity contribution < 1.29 is 18.7 Å². The Balaban J connectivity index is 2.34.